The number of nitrogens with one attached hydrogen (secondary N) is 1. The third-order valence-corrected chi connectivity index (χ3v) is 8.06. The molecule has 1 atom stereocenters. The first-order valence-corrected chi connectivity index (χ1v) is 12.6. The van der Waals surface area contributed by atoms with Crippen molar-refractivity contribution >= 4 is 38.3 Å². The van der Waals surface area contributed by atoms with Crippen molar-refractivity contribution in [2.45, 2.75) is 50.7 Å². The van der Waals surface area contributed by atoms with Gasteiger partial charge in [-0.2, -0.15) is 17.5 Å². The largest absolute Gasteiger partial charge is 0.404 e. The van der Waals surface area contributed by atoms with Crippen LogP contribution in [0.3, 0.4) is 0 Å². The number of carbonyl (C=O) groups excluding carboxylic acids is 2. The average Bonchev–Trinajstić information content (AvgIpc) is 3.18. The van der Waals surface area contributed by atoms with Crippen LogP contribution in [0.5, 0.6) is 0 Å². The number of aromatic nitrogens is 1. The Morgan fingerprint density at radius 3 is 2.55 bits per heavy atom. The highest BCUT2D eigenvalue weighted by Crippen LogP contribution is 2.30. The minimum Gasteiger partial charge on any atom is -0.328 e. The van der Waals surface area contributed by atoms with E-state index in [4.69, 9.17) is 0 Å². The van der Waals surface area contributed by atoms with Crippen LogP contribution < -0.4 is 5.32 Å². The van der Waals surface area contributed by atoms with Gasteiger partial charge in [0.05, 0.1) is 6.54 Å². The summed E-state index contributed by atoms with van der Waals surface area (Å²) in [5.41, 5.74) is 0. The Labute approximate surface area is 182 Å². The summed E-state index contributed by atoms with van der Waals surface area (Å²) in [5.74, 6) is -2.85. The van der Waals surface area contributed by atoms with Crippen LogP contribution in [-0.2, 0) is 19.6 Å². The maximum atomic E-state index is 13.0. The molecule has 3 rings (SSSR count). The van der Waals surface area contributed by atoms with Gasteiger partial charge in [0.25, 0.3) is 0 Å². The van der Waals surface area contributed by atoms with Crippen molar-refractivity contribution < 1.29 is 31.2 Å². The van der Waals surface area contributed by atoms with Gasteiger partial charge in [-0.3, -0.25) is 9.59 Å². The molecule has 0 radical (unpaired) electrons. The van der Waals surface area contributed by atoms with Gasteiger partial charge in [0.15, 0.2) is 10.9 Å². The summed E-state index contributed by atoms with van der Waals surface area (Å²) in [6.45, 7) is -1.13. The Hall–Kier alpha value is -1.73. The summed E-state index contributed by atoms with van der Waals surface area (Å²) in [6.07, 6.45) is 2.16. The van der Waals surface area contributed by atoms with Gasteiger partial charge < -0.3 is 10.2 Å². The Morgan fingerprint density at radius 1 is 1.26 bits per heavy atom. The number of hydrogen-bond acceptors (Lipinski definition) is 6. The van der Waals surface area contributed by atoms with E-state index in [1.54, 1.807) is 5.38 Å². The average molecular weight is 483 g/mol. The minimum absolute atomic E-state index is 0.140. The molecule has 174 valence electrons. The van der Waals surface area contributed by atoms with Crippen LogP contribution in [0.25, 0.3) is 0 Å². The summed E-state index contributed by atoms with van der Waals surface area (Å²) in [5, 5.41) is 4.78. The number of sulfonamides is 1. The lowest BCUT2D eigenvalue weighted by molar-refractivity contribution is -0.142. The van der Waals surface area contributed by atoms with E-state index in [0.717, 1.165) is 32.1 Å². The van der Waals surface area contributed by atoms with Crippen LogP contribution in [0.1, 0.15) is 38.5 Å². The number of alkyl halides is 3. The molecule has 1 aromatic heterocycles. The number of thiazole rings is 1. The normalized spacial score (nSPS) is 20.6. The third kappa shape index (κ3) is 6.62. The van der Waals surface area contributed by atoms with Gasteiger partial charge in [0, 0.05) is 24.7 Å². The van der Waals surface area contributed by atoms with E-state index in [-0.39, 0.29) is 19.0 Å². The second kappa shape index (κ2) is 9.82. The van der Waals surface area contributed by atoms with E-state index >= 15 is 0 Å². The van der Waals surface area contributed by atoms with Crippen molar-refractivity contribution in [2.75, 3.05) is 30.7 Å². The molecule has 1 aromatic rings. The number of hydrogen-bond donors (Lipinski definition) is 1. The van der Waals surface area contributed by atoms with Crippen LogP contribution in [0.4, 0.5) is 18.3 Å². The number of carbonyl (C=O) groups is 2. The molecule has 0 spiro atoms. The van der Waals surface area contributed by atoms with E-state index < -0.39 is 46.4 Å². The highest BCUT2D eigenvalue weighted by atomic mass is 32.2. The molecular weight excluding hydrogens is 457 g/mol. The topological polar surface area (TPSA) is 99.7 Å². The van der Waals surface area contributed by atoms with Gasteiger partial charge in [-0.1, -0.05) is 32.1 Å². The molecule has 1 saturated carbocycles. The molecule has 2 amide bonds. The van der Waals surface area contributed by atoms with Gasteiger partial charge >= 0.3 is 6.18 Å². The first kappa shape index (κ1) is 23.9. The molecule has 13 heteroatoms. The number of anilines is 1. The predicted molar refractivity (Wildman–Crippen MR) is 109 cm³/mol. The quantitative estimate of drug-likeness (QED) is 0.644. The molecule has 1 unspecified atom stereocenters. The van der Waals surface area contributed by atoms with Gasteiger partial charge in [0.2, 0.25) is 21.8 Å². The Bertz CT molecular complexity index is 871. The van der Waals surface area contributed by atoms with Gasteiger partial charge in [-0.15, -0.1) is 11.3 Å². The van der Waals surface area contributed by atoms with Gasteiger partial charge in [-0.05, 0) is 12.3 Å². The van der Waals surface area contributed by atoms with Crippen molar-refractivity contribution in [3.63, 3.8) is 0 Å². The molecule has 2 fully saturated rings. The first-order valence-electron chi connectivity index (χ1n) is 10.1. The Kier molecular flexibility index (Phi) is 7.58. The van der Waals surface area contributed by atoms with E-state index in [0.29, 0.717) is 15.9 Å². The molecule has 1 N–H and O–H groups in total. The molecule has 2 aliphatic rings. The fourth-order valence-electron chi connectivity index (χ4n) is 4.12. The SMILES string of the molecule is O=C(Nc1nccs1)C(CC1CCCCC1)N1CCN(S(=O)(=O)CC(F)(F)F)CC1=O. The zero-order valence-corrected chi connectivity index (χ0v) is 18.4. The summed E-state index contributed by atoms with van der Waals surface area (Å²) < 4.78 is 62.4. The molecule has 0 aromatic carbocycles. The second-order valence-electron chi connectivity index (χ2n) is 7.87. The van der Waals surface area contributed by atoms with E-state index in [1.807, 2.05) is 0 Å². The van der Waals surface area contributed by atoms with E-state index in [1.165, 1.54) is 22.4 Å². The zero-order chi connectivity index (χ0) is 22.6. The standard InChI is InChI=1S/C18H25F3N4O4S2/c19-18(20,21)12-31(28,29)24-7-8-25(15(26)11-24)14(10-13-4-2-1-3-5-13)16(27)23-17-22-6-9-30-17/h6,9,13-14H,1-5,7-8,10-12H2,(H,22,23,27). The predicted octanol–water partition coefficient (Wildman–Crippen LogP) is 2.46. The molecule has 1 aliphatic carbocycles. The number of piperazine rings is 1. The number of rotatable bonds is 7. The maximum absolute atomic E-state index is 13.0. The van der Waals surface area contributed by atoms with Crippen molar-refractivity contribution in [1.29, 1.82) is 0 Å². The fraction of sp³-hybridized carbons (Fsp3) is 0.722. The first-order chi connectivity index (χ1) is 14.5. The van der Waals surface area contributed by atoms with Crippen molar-refractivity contribution in [2.24, 2.45) is 5.92 Å². The highest BCUT2D eigenvalue weighted by molar-refractivity contribution is 7.89. The van der Waals surface area contributed by atoms with E-state index in [9.17, 15) is 31.2 Å². The molecule has 1 aliphatic heterocycles. The maximum Gasteiger partial charge on any atom is 0.404 e. The third-order valence-electron chi connectivity index (χ3n) is 5.58. The lowest BCUT2D eigenvalue weighted by Gasteiger charge is -2.39. The Morgan fingerprint density at radius 2 is 1.97 bits per heavy atom. The minimum atomic E-state index is -4.89. The Balaban J connectivity index is 1.72. The van der Waals surface area contributed by atoms with Crippen LogP contribution >= 0.6 is 11.3 Å². The summed E-state index contributed by atoms with van der Waals surface area (Å²) >= 11 is 1.23. The summed E-state index contributed by atoms with van der Waals surface area (Å²) in [7, 11) is -4.66. The number of nitrogens with zero attached hydrogens (tertiary/aromatic N) is 3. The molecule has 2 heterocycles. The molecule has 31 heavy (non-hydrogen) atoms. The van der Waals surface area contributed by atoms with Crippen LogP contribution in [-0.4, -0.2) is 72.0 Å². The van der Waals surface area contributed by atoms with Crippen LogP contribution in [0.2, 0.25) is 0 Å². The molecular formula is C18H25F3N4O4S2. The zero-order valence-electron chi connectivity index (χ0n) is 16.8. The van der Waals surface area contributed by atoms with Crippen molar-refractivity contribution in [3.05, 3.63) is 11.6 Å². The number of amides is 2. The van der Waals surface area contributed by atoms with E-state index in [2.05, 4.69) is 10.3 Å². The molecule has 0 bridgehead atoms. The lowest BCUT2D eigenvalue weighted by Crippen LogP contribution is -2.59. The molecule has 1 saturated heterocycles. The summed E-state index contributed by atoms with van der Waals surface area (Å²) in [6, 6.07) is -0.827. The second-order valence-corrected chi connectivity index (χ2v) is 10.7. The van der Waals surface area contributed by atoms with Crippen LogP contribution in [0, 0.1) is 5.92 Å². The van der Waals surface area contributed by atoms with Gasteiger partial charge in [-0.25, -0.2) is 13.4 Å². The smallest absolute Gasteiger partial charge is 0.328 e. The number of halogens is 3. The van der Waals surface area contributed by atoms with Gasteiger partial charge in [0.1, 0.15) is 6.04 Å². The fourth-order valence-corrected chi connectivity index (χ4v) is 5.91. The van der Waals surface area contributed by atoms with Crippen LogP contribution in [0.15, 0.2) is 11.6 Å². The monoisotopic (exact) mass is 482 g/mol. The molecule has 8 nitrogen and oxygen atoms in total. The highest BCUT2D eigenvalue weighted by Gasteiger charge is 2.43. The van der Waals surface area contributed by atoms with Crippen molar-refractivity contribution in [1.82, 2.24) is 14.2 Å². The van der Waals surface area contributed by atoms with Crippen molar-refractivity contribution in [3.8, 4) is 0 Å². The lowest BCUT2D eigenvalue weighted by atomic mass is 9.84. The summed E-state index contributed by atoms with van der Waals surface area (Å²) in [4.78, 5) is 31.0.